The van der Waals surface area contributed by atoms with Crippen LogP contribution >= 0.6 is 0 Å². The van der Waals surface area contributed by atoms with Crippen molar-refractivity contribution in [2.45, 2.75) is 335 Å². The molecule has 6 heteroatoms. The van der Waals surface area contributed by atoms with Gasteiger partial charge in [-0.1, -0.05) is 273 Å². The Bertz CT molecular complexity index is 1390. The molecule has 0 N–H and O–H groups in total. The Morgan fingerprint density at radius 2 is 0.520 bits per heavy atom. The molecule has 0 saturated carbocycles. The van der Waals surface area contributed by atoms with Crippen LogP contribution < -0.4 is 0 Å². The second-order valence-electron chi connectivity index (χ2n) is 21.6. The summed E-state index contributed by atoms with van der Waals surface area (Å²) in [6, 6.07) is 0. The lowest BCUT2D eigenvalue weighted by Crippen LogP contribution is -2.30. The van der Waals surface area contributed by atoms with Crippen molar-refractivity contribution in [2.75, 3.05) is 13.2 Å². The number of carbonyl (C=O) groups is 3. The van der Waals surface area contributed by atoms with Crippen LogP contribution in [-0.4, -0.2) is 37.2 Å². The van der Waals surface area contributed by atoms with Crippen LogP contribution in [0.2, 0.25) is 0 Å². The second-order valence-corrected chi connectivity index (χ2v) is 21.6. The minimum absolute atomic E-state index is 0.0852. The number of hydrogen-bond acceptors (Lipinski definition) is 6. The molecule has 434 valence electrons. The van der Waals surface area contributed by atoms with Crippen LogP contribution in [0.5, 0.6) is 0 Å². The molecule has 0 aliphatic heterocycles. The van der Waals surface area contributed by atoms with Gasteiger partial charge in [-0.15, -0.1) is 0 Å². The third-order valence-electron chi connectivity index (χ3n) is 14.2. The van der Waals surface area contributed by atoms with Crippen molar-refractivity contribution in [1.82, 2.24) is 0 Å². The monoisotopic (exact) mass is 1050 g/mol. The number of esters is 3. The fourth-order valence-electron chi connectivity index (χ4n) is 9.31. The van der Waals surface area contributed by atoms with E-state index in [1.54, 1.807) is 0 Å². The Labute approximate surface area is 465 Å². The van der Waals surface area contributed by atoms with Gasteiger partial charge in [0.05, 0.1) is 0 Å². The lowest BCUT2D eigenvalue weighted by atomic mass is 10.0. The maximum absolute atomic E-state index is 12.9. The second kappa shape index (κ2) is 63.4. The number of ether oxygens (including phenoxy) is 3. The number of carbonyl (C=O) groups excluding carboxylic acids is 3. The molecule has 0 aliphatic rings. The van der Waals surface area contributed by atoms with Gasteiger partial charge in [0.2, 0.25) is 0 Å². The van der Waals surface area contributed by atoms with Crippen LogP contribution in [0, 0.1) is 0 Å². The highest BCUT2D eigenvalue weighted by Gasteiger charge is 2.19. The Hall–Kier alpha value is -3.15. The summed E-state index contributed by atoms with van der Waals surface area (Å²) in [5.74, 6) is -0.903. The molecule has 0 spiro atoms. The number of allylic oxidation sites excluding steroid dienone is 12. The molecular weight excluding hydrogens is 925 g/mol. The van der Waals surface area contributed by atoms with E-state index in [1.807, 2.05) is 0 Å². The average Bonchev–Trinajstić information content (AvgIpc) is 3.41. The molecule has 0 rings (SSSR count). The molecule has 0 radical (unpaired) electrons. The normalized spacial score (nSPS) is 12.5. The first kappa shape index (κ1) is 71.8. The standard InChI is InChI=1S/C69H122O6/c1-4-7-10-13-16-19-22-25-28-29-30-31-32-33-34-35-36-37-38-39-42-44-47-50-53-56-59-62-68(71)74-65-66(75-69(72)63-60-57-54-51-48-45-41-27-24-21-18-15-12-9-6-3)64-73-67(70)61-58-55-52-49-46-43-40-26-23-20-17-14-11-8-5-2/h9,12,17-18,20-21,26-27,29-30,40-41,66H,4-8,10-11,13-16,19,22-25,28,31-39,42-65H2,1-3H3/b12-9-,20-17-,21-18-,30-29-,40-26-,41-27-. The van der Waals surface area contributed by atoms with E-state index >= 15 is 0 Å². The third kappa shape index (κ3) is 61.6. The number of unbranched alkanes of at least 4 members (excludes halogenated alkanes) is 36. The van der Waals surface area contributed by atoms with Gasteiger partial charge in [0, 0.05) is 19.3 Å². The summed E-state index contributed by atoms with van der Waals surface area (Å²) < 4.78 is 16.9. The molecule has 1 unspecified atom stereocenters. The Morgan fingerprint density at radius 1 is 0.280 bits per heavy atom. The molecule has 0 fully saturated rings. The Balaban J connectivity index is 4.26. The van der Waals surface area contributed by atoms with Crippen molar-refractivity contribution >= 4 is 17.9 Å². The van der Waals surface area contributed by atoms with E-state index < -0.39 is 6.10 Å². The zero-order valence-electron chi connectivity index (χ0n) is 49.8. The molecule has 0 heterocycles. The lowest BCUT2D eigenvalue weighted by Gasteiger charge is -2.18. The summed E-state index contributed by atoms with van der Waals surface area (Å²) in [5.41, 5.74) is 0. The Kier molecular flexibility index (Phi) is 60.7. The molecule has 6 nitrogen and oxygen atoms in total. The zero-order valence-corrected chi connectivity index (χ0v) is 49.8. The van der Waals surface area contributed by atoms with Crippen LogP contribution in [0.25, 0.3) is 0 Å². The van der Waals surface area contributed by atoms with E-state index in [1.165, 1.54) is 173 Å². The van der Waals surface area contributed by atoms with E-state index in [0.29, 0.717) is 19.3 Å². The van der Waals surface area contributed by atoms with Gasteiger partial charge < -0.3 is 14.2 Å². The molecule has 0 aliphatic carbocycles. The zero-order chi connectivity index (χ0) is 54.3. The highest BCUT2D eigenvalue weighted by Crippen LogP contribution is 2.17. The van der Waals surface area contributed by atoms with Crippen LogP contribution in [0.4, 0.5) is 0 Å². The first-order chi connectivity index (χ1) is 37.0. The van der Waals surface area contributed by atoms with Crippen molar-refractivity contribution in [2.24, 2.45) is 0 Å². The van der Waals surface area contributed by atoms with E-state index in [2.05, 4.69) is 93.7 Å². The van der Waals surface area contributed by atoms with Gasteiger partial charge in [-0.2, -0.15) is 0 Å². The average molecular weight is 1050 g/mol. The fourth-order valence-corrected chi connectivity index (χ4v) is 9.31. The van der Waals surface area contributed by atoms with Gasteiger partial charge in [-0.05, 0) is 109 Å². The van der Waals surface area contributed by atoms with Gasteiger partial charge in [0.15, 0.2) is 6.10 Å². The van der Waals surface area contributed by atoms with E-state index in [0.717, 1.165) is 116 Å². The van der Waals surface area contributed by atoms with E-state index in [-0.39, 0.29) is 31.1 Å². The van der Waals surface area contributed by atoms with E-state index in [9.17, 15) is 14.4 Å². The topological polar surface area (TPSA) is 78.9 Å². The molecular formula is C69H122O6. The van der Waals surface area contributed by atoms with Gasteiger partial charge in [0.25, 0.3) is 0 Å². The molecule has 0 aromatic heterocycles. The fraction of sp³-hybridized carbons (Fsp3) is 0.783. The van der Waals surface area contributed by atoms with Crippen LogP contribution in [0.3, 0.4) is 0 Å². The van der Waals surface area contributed by atoms with Crippen LogP contribution in [-0.2, 0) is 28.6 Å². The number of hydrogen-bond donors (Lipinski definition) is 0. The predicted molar refractivity (Wildman–Crippen MR) is 325 cm³/mol. The minimum Gasteiger partial charge on any atom is -0.462 e. The van der Waals surface area contributed by atoms with Crippen LogP contribution in [0.1, 0.15) is 329 Å². The van der Waals surface area contributed by atoms with E-state index in [4.69, 9.17) is 14.2 Å². The molecule has 75 heavy (non-hydrogen) atoms. The molecule has 0 aromatic carbocycles. The highest BCUT2D eigenvalue weighted by atomic mass is 16.6. The summed E-state index contributed by atoms with van der Waals surface area (Å²) in [4.78, 5) is 38.3. The largest absolute Gasteiger partial charge is 0.462 e. The first-order valence-electron chi connectivity index (χ1n) is 32.4. The first-order valence-corrected chi connectivity index (χ1v) is 32.4. The van der Waals surface area contributed by atoms with Crippen molar-refractivity contribution in [3.8, 4) is 0 Å². The summed E-state index contributed by atoms with van der Waals surface area (Å²) in [6.45, 7) is 6.51. The molecule has 0 saturated heterocycles. The minimum atomic E-state index is -0.791. The van der Waals surface area contributed by atoms with Crippen molar-refractivity contribution in [3.05, 3.63) is 72.9 Å². The van der Waals surface area contributed by atoms with Gasteiger partial charge in [-0.25, -0.2) is 0 Å². The molecule has 0 bridgehead atoms. The summed E-state index contributed by atoms with van der Waals surface area (Å²) in [6.07, 6.45) is 82.0. The maximum Gasteiger partial charge on any atom is 0.306 e. The van der Waals surface area contributed by atoms with Crippen molar-refractivity contribution in [3.63, 3.8) is 0 Å². The van der Waals surface area contributed by atoms with Gasteiger partial charge in [0.1, 0.15) is 13.2 Å². The smallest absolute Gasteiger partial charge is 0.306 e. The van der Waals surface area contributed by atoms with Crippen LogP contribution in [0.15, 0.2) is 72.9 Å². The van der Waals surface area contributed by atoms with Gasteiger partial charge >= 0.3 is 17.9 Å². The molecule has 1 atom stereocenters. The predicted octanol–water partition coefficient (Wildman–Crippen LogP) is 22.1. The SMILES string of the molecule is CC/C=C\C/C=C\C/C=C\CCCCCCCC(=O)OC(COC(=O)CCCCCCC/C=C\C/C=C\CCCCC)COC(=O)CCCCCCCCCCCCCCCCC/C=C\CCCCCCCCCC. The molecule has 0 aromatic rings. The Morgan fingerprint density at radius 3 is 0.853 bits per heavy atom. The highest BCUT2D eigenvalue weighted by molar-refractivity contribution is 5.71. The van der Waals surface area contributed by atoms with Crippen molar-refractivity contribution in [1.29, 1.82) is 0 Å². The third-order valence-corrected chi connectivity index (χ3v) is 14.2. The lowest BCUT2D eigenvalue weighted by molar-refractivity contribution is -0.167. The summed E-state index contributed by atoms with van der Waals surface area (Å²) in [5, 5.41) is 0. The maximum atomic E-state index is 12.9. The number of rotatable bonds is 59. The summed E-state index contributed by atoms with van der Waals surface area (Å²) in [7, 11) is 0. The van der Waals surface area contributed by atoms with Gasteiger partial charge in [-0.3, -0.25) is 14.4 Å². The summed E-state index contributed by atoms with van der Waals surface area (Å²) >= 11 is 0. The molecule has 0 amide bonds. The van der Waals surface area contributed by atoms with Crippen molar-refractivity contribution < 1.29 is 28.6 Å². The quantitative estimate of drug-likeness (QED) is 0.0261.